The number of halogens is 1. The summed E-state index contributed by atoms with van der Waals surface area (Å²) in [7, 11) is 0. The standard InChI is InChI=1S/C21H31FN2O/c1-21(20(25)17-4-6-18(22)7-5-17)11-14-24(15-12-21)13-10-16-2-8-19(23)9-3-16/h4-7,16,19H,2-3,8-15,23H2,1H3. The smallest absolute Gasteiger partial charge is 0.168 e. The fourth-order valence-electron chi connectivity index (χ4n) is 4.29. The normalized spacial score (nSPS) is 27.2. The summed E-state index contributed by atoms with van der Waals surface area (Å²) in [4.78, 5) is 15.3. The summed E-state index contributed by atoms with van der Waals surface area (Å²) in [6.07, 6.45) is 7.93. The molecule has 1 aromatic rings. The zero-order valence-electron chi connectivity index (χ0n) is 15.3. The second kappa shape index (κ2) is 7.96. The maximum Gasteiger partial charge on any atom is 0.168 e. The van der Waals surface area contributed by atoms with Crippen molar-refractivity contribution >= 4 is 5.78 Å². The van der Waals surface area contributed by atoms with Crippen molar-refractivity contribution in [2.45, 2.75) is 57.9 Å². The van der Waals surface area contributed by atoms with Crippen molar-refractivity contribution in [2.24, 2.45) is 17.1 Å². The van der Waals surface area contributed by atoms with Gasteiger partial charge in [-0.25, -0.2) is 4.39 Å². The van der Waals surface area contributed by atoms with E-state index in [0.717, 1.165) is 38.4 Å². The van der Waals surface area contributed by atoms with Gasteiger partial charge in [0.15, 0.2) is 5.78 Å². The van der Waals surface area contributed by atoms with E-state index in [1.165, 1.54) is 44.2 Å². The van der Waals surface area contributed by atoms with E-state index in [0.29, 0.717) is 11.6 Å². The lowest BCUT2D eigenvalue weighted by molar-refractivity contribution is 0.0633. The number of nitrogens with zero attached hydrogens (tertiary/aromatic N) is 1. The van der Waals surface area contributed by atoms with Gasteiger partial charge in [-0.3, -0.25) is 4.79 Å². The van der Waals surface area contributed by atoms with Gasteiger partial charge < -0.3 is 10.6 Å². The number of nitrogens with two attached hydrogens (primary N) is 1. The van der Waals surface area contributed by atoms with Gasteiger partial charge >= 0.3 is 0 Å². The fraction of sp³-hybridized carbons (Fsp3) is 0.667. The SMILES string of the molecule is CC1(C(=O)c2ccc(F)cc2)CCN(CCC2CCC(N)CC2)CC1. The zero-order chi connectivity index (χ0) is 17.9. The topological polar surface area (TPSA) is 46.3 Å². The zero-order valence-corrected chi connectivity index (χ0v) is 15.3. The Kier molecular flexibility index (Phi) is 5.90. The Bertz CT molecular complexity index is 570. The van der Waals surface area contributed by atoms with Crippen LogP contribution in [-0.4, -0.2) is 36.4 Å². The summed E-state index contributed by atoms with van der Waals surface area (Å²) in [5, 5.41) is 0. The third kappa shape index (κ3) is 4.68. The van der Waals surface area contributed by atoms with E-state index >= 15 is 0 Å². The summed E-state index contributed by atoms with van der Waals surface area (Å²) < 4.78 is 13.1. The largest absolute Gasteiger partial charge is 0.328 e. The quantitative estimate of drug-likeness (QED) is 0.819. The number of benzene rings is 1. The van der Waals surface area contributed by atoms with Crippen LogP contribution in [-0.2, 0) is 0 Å². The van der Waals surface area contributed by atoms with E-state index in [-0.39, 0.29) is 17.0 Å². The van der Waals surface area contributed by atoms with Crippen molar-refractivity contribution in [3.05, 3.63) is 35.6 Å². The molecule has 0 radical (unpaired) electrons. The molecule has 0 amide bonds. The van der Waals surface area contributed by atoms with Crippen molar-refractivity contribution in [3.8, 4) is 0 Å². The molecule has 25 heavy (non-hydrogen) atoms. The summed E-state index contributed by atoms with van der Waals surface area (Å²) in [6.45, 7) is 5.17. The number of hydrogen-bond donors (Lipinski definition) is 1. The van der Waals surface area contributed by atoms with Crippen molar-refractivity contribution in [1.82, 2.24) is 4.90 Å². The molecule has 4 heteroatoms. The Morgan fingerprint density at radius 2 is 1.76 bits per heavy atom. The van der Waals surface area contributed by atoms with Crippen molar-refractivity contribution < 1.29 is 9.18 Å². The van der Waals surface area contributed by atoms with Crippen LogP contribution in [0.3, 0.4) is 0 Å². The highest BCUT2D eigenvalue weighted by Crippen LogP contribution is 2.35. The van der Waals surface area contributed by atoms with Gasteiger partial charge in [-0.2, -0.15) is 0 Å². The molecule has 2 aliphatic rings. The highest BCUT2D eigenvalue weighted by atomic mass is 19.1. The molecule has 0 atom stereocenters. The molecule has 2 fully saturated rings. The van der Waals surface area contributed by atoms with Gasteiger partial charge in [-0.15, -0.1) is 0 Å². The van der Waals surface area contributed by atoms with Crippen LogP contribution in [0.4, 0.5) is 4.39 Å². The number of ketones is 1. The van der Waals surface area contributed by atoms with Gasteiger partial charge in [0.05, 0.1) is 0 Å². The monoisotopic (exact) mass is 346 g/mol. The number of piperidine rings is 1. The molecule has 1 heterocycles. The number of hydrogen-bond acceptors (Lipinski definition) is 3. The highest BCUT2D eigenvalue weighted by molar-refractivity contribution is 6.00. The molecule has 1 saturated carbocycles. The third-order valence-electron chi connectivity index (χ3n) is 6.36. The molecule has 3 nitrogen and oxygen atoms in total. The van der Waals surface area contributed by atoms with Crippen LogP contribution >= 0.6 is 0 Å². The Labute approximate surface area is 150 Å². The van der Waals surface area contributed by atoms with E-state index in [4.69, 9.17) is 5.73 Å². The van der Waals surface area contributed by atoms with Gasteiger partial charge in [0.2, 0.25) is 0 Å². The van der Waals surface area contributed by atoms with Crippen LogP contribution in [0.25, 0.3) is 0 Å². The summed E-state index contributed by atoms with van der Waals surface area (Å²) in [5.74, 6) is 0.697. The Morgan fingerprint density at radius 1 is 1.16 bits per heavy atom. The lowest BCUT2D eigenvalue weighted by atomic mass is 9.74. The molecule has 138 valence electrons. The minimum atomic E-state index is -0.314. The Balaban J connectivity index is 1.47. The number of rotatable bonds is 5. The van der Waals surface area contributed by atoms with Crippen LogP contribution < -0.4 is 5.73 Å². The molecule has 0 unspecified atom stereocenters. The summed E-state index contributed by atoms with van der Waals surface area (Å²) in [6, 6.07) is 6.40. The van der Waals surface area contributed by atoms with E-state index < -0.39 is 0 Å². The van der Waals surface area contributed by atoms with Crippen molar-refractivity contribution in [2.75, 3.05) is 19.6 Å². The predicted octanol–water partition coefficient (Wildman–Crippen LogP) is 4.02. The Morgan fingerprint density at radius 3 is 2.36 bits per heavy atom. The molecule has 0 aromatic heterocycles. The number of carbonyl (C=O) groups excluding carboxylic acids is 1. The summed E-state index contributed by atoms with van der Waals surface area (Å²) >= 11 is 0. The van der Waals surface area contributed by atoms with Gasteiger partial charge in [0, 0.05) is 17.0 Å². The molecule has 1 aliphatic carbocycles. The molecular weight excluding hydrogens is 315 g/mol. The van der Waals surface area contributed by atoms with Gasteiger partial charge in [0.1, 0.15) is 5.82 Å². The lowest BCUT2D eigenvalue weighted by Gasteiger charge is -2.39. The fourth-order valence-corrected chi connectivity index (χ4v) is 4.29. The van der Waals surface area contributed by atoms with Gasteiger partial charge in [0.25, 0.3) is 0 Å². The second-order valence-corrected chi connectivity index (χ2v) is 8.31. The van der Waals surface area contributed by atoms with Crippen molar-refractivity contribution in [3.63, 3.8) is 0 Å². The minimum Gasteiger partial charge on any atom is -0.328 e. The first kappa shape index (κ1) is 18.5. The van der Waals surface area contributed by atoms with E-state index in [1.54, 1.807) is 12.1 Å². The van der Waals surface area contributed by atoms with Crippen LogP contribution in [0.1, 0.15) is 62.2 Å². The average molecular weight is 346 g/mol. The van der Waals surface area contributed by atoms with Crippen LogP contribution in [0.2, 0.25) is 0 Å². The molecule has 0 spiro atoms. The van der Waals surface area contributed by atoms with E-state index in [2.05, 4.69) is 11.8 Å². The summed E-state index contributed by atoms with van der Waals surface area (Å²) in [5.41, 5.74) is 6.31. The molecule has 0 bridgehead atoms. The predicted molar refractivity (Wildman–Crippen MR) is 99.1 cm³/mol. The number of carbonyl (C=O) groups is 1. The molecule has 1 aromatic carbocycles. The number of likely N-dealkylation sites (tertiary alicyclic amines) is 1. The van der Waals surface area contributed by atoms with Gasteiger partial charge in [-0.1, -0.05) is 6.92 Å². The Hall–Kier alpha value is -1.26. The average Bonchev–Trinajstić information content (AvgIpc) is 2.63. The number of Topliss-reactive ketones (excluding diaryl/α,β-unsaturated/α-hetero) is 1. The van der Waals surface area contributed by atoms with Crippen molar-refractivity contribution in [1.29, 1.82) is 0 Å². The molecule has 1 saturated heterocycles. The molecule has 3 rings (SSSR count). The maximum atomic E-state index is 13.1. The van der Waals surface area contributed by atoms with Crippen LogP contribution in [0.5, 0.6) is 0 Å². The maximum absolute atomic E-state index is 13.1. The van der Waals surface area contributed by atoms with E-state index in [9.17, 15) is 9.18 Å². The molecule has 2 N–H and O–H groups in total. The van der Waals surface area contributed by atoms with Crippen LogP contribution in [0, 0.1) is 17.2 Å². The molecule has 1 aliphatic heterocycles. The first-order valence-corrected chi connectivity index (χ1v) is 9.74. The van der Waals surface area contributed by atoms with Crippen LogP contribution in [0.15, 0.2) is 24.3 Å². The first-order chi connectivity index (χ1) is 12.0. The minimum absolute atomic E-state index is 0.161. The van der Waals surface area contributed by atoms with E-state index in [1.807, 2.05) is 0 Å². The lowest BCUT2D eigenvalue weighted by Crippen LogP contribution is -2.43. The molecular formula is C21H31FN2O. The second-order valence-electron chi connectivity index (χ2n) is 8.31. The van der Waals surface area contributed by atoms with Gasteiger partial charge in [-0.05, 0) is 94.8 Å². The third-order valence-corrected chi connectivity index (χ3v) is 6.36. The highest BCUT2D eigenvalue weighted by Gasteiger charge is 2.37. The first-order valence-electron chi connectivity index (χ1n) is 9.74.